The first-order valence-corrected chi connectivity index (χ1v) is 5.36. The quantitative estimate of drug-likeness (QED) is 0.295. The lowest BCUT2D eigenvalue weighted by molar-refractivity contribution is -0.150. The highest BCUT2D eigenvalue weighted by Crippen LogP contribution is 2.12. The van der Waals surface area contributed by atoms with Crippen LogP contribution in [-0.4, -0.2) is 30.7 Å². The van der Waals surface area contributed by atoms with Crippen LogP contribution in [-0.2, 0) is 19.1 Å². The first-order chi connectivity index (χ1) is 8.01. The molecule has 0 amide bonds. The Balaban J connectivity index is 4.62. The Hall–Kier alpha value is -1.75. The van der Waals surface area contributed by atoms with Crippen molar-refractivity contribution in [3.05, 3.63) is 10.4 Å². The summed E-state index contributed by atoms with van der Waals surface area (Å²) in [5.74, 6) is -0.925. The lowest BCUT2D eigenvalue weighted by Crippen LogP contribution is -2.33. The molecule has 2 atom stereocenters. The highest BCUT2D eigenvalue weighted by atomic mass is 16.6. The second kappa shape index (κ2) is 8.41. The van der Waals surface area contributed by atoms with Crippen LogP contribution in [0, 0.1) is 0 Å². The van der Waals surface area contributed by atoms with Crippen molar-refractivity contribution in [2.24, 2.45) is 5.11 Å². The Kier molecular flexibility index (Phi) is 7.54. The molecule has 0 unspecified atom stereocenters. The van der Waals surface area contributed by atoms with Crippen molar-refractivity contribution in [1.82, 2.24) is 0 Å². The van der Waals surface area contributed by atoms with E-state index in [-0.39, 0.29) is 6.61 Å². The second-order valence-corrected chi connectivity index (χ2v) is 3.51. The van der Waals surface area contributed by atoms with Gasteiger partial charge in [-0.05, 0) is 12.0 Å². The van der Waals surface area contributed by atoms with Crippen molar-refractivity contribution < 1.29 is 19.1 Å². The fourth-order valence-corrected chi connectivity index (χ4v) is 1.31. The van der Waals surface area contributed by atoms with Crippen LogP contribution in [0.2, 0.25) is 0 Å². The zero-order valence-corrected chi connectivity index (χ0v) is 10.3. The van der Waals surface area contributed by atoms with Gasteiger partial charge in [-0.1, -0.05) is 18.5 Å². The van der Waals surface area contributed by atoms with E-state index in [1.54, 1.807) is 0 Å². The molecular weight excluding hydrogens is 226 g/mol. The zero-order valence-electron chi connectivity index (χ0n) is 10.3. The van der Waals surface area contributed by atoms with Gasteiger partial charge in [0.1, 0.15) is 18.8 Å². The lowest BCUT2D eigenvalue weighted by atomic mass is 10.1. The molecule has 0 aromatic carbocycles. The summed E-state index contributed by atoms with van der Waals surface area (Å²) < 4.78 is 9.81. The lowest BCUT2D eigenvalue weighted by Gasteiger charge is -2.22. The largest absolute Gasteiger partial charge is 0.465 e. The average molecular weight is 243 g/mol. The van der Waals surface area contributed by atoms with Gasteiger partial charge in [-0.3, -0.25) is 9.59 Å². The molecule has 0 rings (SSSR count). The van der Waals surface area contributed by atoms with Gasteiger partial charge in [0, 0.05) is 18.8 Å². The molecule has 0 aliphatic heterocycles. The monoisotopic (exact) mass is 243 g/mol. The molecule has 0 aromatic rings. The summed E-state index contributed by atoms with van der Waals surface area (Å²) >= 11 is 0. The molecule has 0 bridgehead atoms. The number of carbonyl (C=O) groups is 2. The first-order valence-electron chi connectivity index (χ1n) is 5.36. The van der Waals surface area contributed by atoms with Crippen LogP contribution in [0.5, 0.6) is 0 Å². The predicted octanol–water partition coefficient (Wildman–Crippen LogP) is 1.96. The molecule has 0 radical (unpaired) electrons. The molecule has 0 saturated carbocycles. The van der Waals surface area contributed by atoms with Crippen molar-refractivity contribution in [3.8, 4) is 0 Å². The van der Waals surface area contributed by atoms with Crippen LogP contribution in [0.25, 0.3) is 10.4 Å². The smallest absolute Gasteiger partial charge is 0.302 e. The molecule has 0 aromatic heterocycles. The molecule has 17 heavy (non-hydrogen) atoms. The van der Waals surface area contributed by atoms with E-state index >= 15 is 0 Å². The predicted molar refractivity (Wildman–Crippen MR) is 60.0 cm³/mol. The first kappa shape index (κ1) is 15.2. The molecule has 0 fully saturated rings. The molecule has 7 heteroatoms. The summed E-state index contributed by atoms with van der Waals surface area (Å²) in [4.78, 5) is 24.3. The minimum Gasteiger partial charge on any atom is -0.465 e. The van der Waals surface area contributed by atoms with Crippen molar-refractivity contribution in [3.63, 3.8) is 0 Å². The van der Waals surface area contributed by atoms with Gasteiger partial charge in [-0.15, -0.1) is 0 Å². The van der Waals surface area contributed by atoms with Gasteiger partial charge in [0.15, 0.2) is 0 Å². The fourth-order valence-electron chi connectivity index (χ4n) is 1.31. The summed E-state index contributed by atoms with van der Waals surface area (Å²) in [6, 6.07) is -0.687. The van der Waals surface area contributed by atoms with Gasteiger partial charge in [-0.2, -0.15) is 0 Å². The summed E-state index contributed by atoms with van der Waals surface area (Å²) in [6.45, 7) is 4.36. The molecule has 0 spiro atoms. The third-order valence-electron chi connectivity index (χ3n) is 1.98. The number of hydrogen-bond acceptors (Lipinski definition) is 5. The number of rotatable bonds is 7. The zero-order chi connectivity index (χ0) is 13.3. The molecule has 0 N–H and O–H groups in total. The van der Waals surface area contributed by atoms with Crippen LogP contribution in [0.3, 0.4) is 0 Å². The Morgan fingerprint density at radius 3 is 2.41 bits per heavy atom. The van der Waals surface area contributed by atoms with Gasteiger partial charge >= 0.3 is 11.9 Å². The standard InChI is InChI=1S/C10H17N3O4/c1-4-5-10(17-8(3)15)9(12-13-11)6-16-7(2)14/h9-10H,4-6H2,1-3H3/t9-,10+/m0/s1. The van der Waals surface area contributed by atoms with Crippen LogP contribution in [0.1, 0.15) is 33.6 Å². The van der Waals surface area contributed by atoms with Crippen molar-refractivity contribution in [2.45, 2.75) is 45.8 Å². The van der Waals surface area contributed by atoms with E-state index in [4.69, 9.17) is 15.0 Å². The van der Waals surface area contributed by atoms with Crippen molar-refractivity contribution in [1.29, 1.82) is 0 Å². The fraction of sp³-hybridized carbons (Fsp3) is 0.800. The number of esters is 2. The number of nitrogens with zero attached hydrogens (tertiary/aromatic N) is 3. The maximum absolute atomic E-state index is 10.9. The maximum atomic E-state index is 10.9. The molecule has 0 heterocycles. The van der Waals surface area contributed by atoms with E-state index in [0.717, 1.165) is 6.42 Å². The van der Waals surface area contributed by atoms with E-state index in [0.29, 0.717) is 6.42 Å². The van der Waals surface area contributed by atoms with Crippen LogP contribution < -0.4 is 0 Å². The van der Waals surface area contributed by atoms with Gasteiger partial charge in [-0.25, -0.2) is 0 Å². The summed E-state index contributed by atoms with van der Waals surface area (Å²) in [7, 11) is 0. The minimum absolute atomic E-state index is 0.0860. The third kappa shape index (κ3) is 7.19. The highest BCUT2D eigenvalue weighted by Gasteiger charge is 2.23. The minimum atomic E-state index is -0.687. The summed E-state index contributed by atoms with van der Waals surface area (Å²) in [6.07, 6.45) is 0.743. The van der Waals surface area contributed by atoms with Crippen LogP contribution >= 0.6 is 0 Å². The second-order valence-electron chi connectivity index (χ2n) is 3.51. The van der Waals surface area contributed by atoms with E-state index in [1.165, 1.54) is 13.8 Å². The molecule has 0 saturated heterocycles. The van der Waals surface area contributed by atoms with Gasteiger partial charge in [0.2, 0.25) is 0 Å². The Labute approximate surface area is 99.7 Å². The maximum Gasteiger partial charge on any atom is 0.302 e. The third-order valence-corrected chi connectivity index (χ3v) is 1.98. The molecule has 0 aliphatic carbocycles. The van der Waals surface area contributed by atoms with Crippen molar-refractivity contribution >= 4 is 11.9 Å². The molecular formula is C10H17N3O4. The van der Waals surface area contributed by atoms with E-state index in [1.807, 2.05) is 6.92 Å². The van der Waals surface area contributed by atoms with Gasteiger partial charge < -0.3 is 9.47 Å². The van der Waals surface area contributed by atoms with Crippen LogP contribution in [0.4, 0.5) is 0 Å². The molecule has 96 valence electrons. The van der Waals surface area contributed by atoms with Crippen molar-refractivity contribution in [2.75, 3.05) is 6.61 Å². The number of carbonyl (C=O) groups excluding carboxylic acids is 2. The van der Waals surface area contributed by atoms with Crippen LogP contribution in [0.15, 0.2) is 5.11 Å². The SMILES string of the molecule is CCC[C@@H](OC(C)=O)[C@H](COC(C)=O)N=[N+]=[N-]. The van der Waals surface area contributed by atoms with Gasteiger partial charge in [0.25, 0.3) is 0 Å². The Morgan fingerprint density at radius 2 is 2.00 bits per heavy atom. The van der Waals surface area contributed by atoms with E-state index < -0.39 is 24.1 Å². The summed E-state index contributed by atoms with van der Waals surface area (Å²) in [5, 5.41) is 3.49. The van der Waals surface area contributed by atoms with Gasteiger partial charge in [0.05, 0.1) is 0 Å². The Morgan fingerprint density at radius 1 is 1.35 bits per heavy atom. The highest BCUT2D eigenvalue weighted by molar-refractivity contribution is 5.66. The number of hydrogen-bond donors (Lipinski definition) is 0. The average Bonchev–Trinajstić information content (AvgIpc) is 2.22. The molecule has 0 aliphatic rings. The van der Waals surface area contributed by atoms with E-state index in [2.05, 4.69) is 10.0 Å². The van der Waals surface area contributed by atoms with E-state index in [9.17, 15) is 9.59 Å². The normalized spacial score (nSPS) is 13.1. The Bertz CT molecular complexity index is 313. The topological polar surface area (TPSA) is 101 Å². The number of ether oxygens (including phenoxy) is 2. The summed E-state index contributed by atoms with van der Waals surface area (Å²) in [5.41, 5.74) is 8.43. The number of azide groups is 1. The molecule has 7 nitrogen and oxygen atoms in total.